The number of ether oxygens (including phenoxy) is 1. The molecule has 0 bridgehead atoms. The second-order valence-corrected chi connectivity index (χ2v) is 8.35. The van der Waals surface area contributed by atoms with Crippen LogP contribution in [-0.4, -0.2) is 40.1 Å². The number of anilines is 2. The van der Waals surface area contributed by atoms with Gasteiger partial charge in [-0.3, -0.25) is 10.1 Å². The number of amides is 1. The zero-order valence-corrected chi connectivity index (χ0v) is 19.1. The Morgan fingerprint density at radius 3 is 2.94 bits per heavy atom. The standard InChI is InChI=1S/C22H22N6O5S/c1-11(7-8-23)24-21-27-28-22(34-21)26-19(30)16-10-14(18(32-2)20(31)33-16)25-17-13-6-4-3-5-12(13)9-15(17)29/h3-8,10,15,17,25,29H,9,23H2,1-2H3,(H,26,28,30)/b8-7-,24-11+/t15-,17+/m0/s1. The fourth-order valence-electron chi connectivity index (χ4n) is 3.61. The summed E-state index contributed by atoms with van der Waals surface area (Å²) in [7, 11) is 1.32. The fourth-order valence-corrected chi connectivity index (χ4v) is 4.28. The van der Waals surface area contributed by atoms with E-state index in [0.717, 1.165) is 22.5 Å². The van der Waals surface area contributed by atoms with E-state index in [2.05, 4.69) is 25.8 Å². The zero-order chi connectivity index (χ0) is 24.2. The van der Waals surface area contributed by atoms with Crippen molar-refractivity contribution in [1.29, 1.82) is 0 Å². The summed E-state index contributed by atoms with van der Waals surface area (Å²) in [6.45, 7) is 1.74. The van der Waals surface area contributed by atoms with Crippen LogP contribution in [0.3, 0.4) is 0 Å². The molecule has 0 spiro atoms. The second-order valence-electron chi connectivity index (χ2n) is 7.39. The van der Waals surface area contributed by atoms with Crippen LogP contribution >= 0.6 is 11.3 Å². The maximum Gasteiger partial charge on any atom is 0.381 e. The Bertz CT molecular complexity index is 1330. The number of nitrogens with zero attached hydrogens (tertiary/aromatic N) is 3. The number of aliphatic hydroxyl groups excluding tert-OH is 1. The van der Waals surface area contributed by atoms with E-state index in [-0.39, 0.29) is 22.3 Å². The third-order valence-corrected chi connectivity index (χ3v) is 5.83. The topological polar surface area (TPSA) is 165 Å². The highest BCUT2D eigenvalue weighted by Gasteiger charge is 2.32. The molecule has 0 fully saturated rings. The van der Waals surface area contributed by atoms with E-state index in [0.29, 0.717) is 17.3 Å². The minimum absolute atomic E-state index is 0.107. The molecule has 34 heavy (non-hydrogen) atoms. The summed E-state index contributed by atoms with van der Waals surface area (Å²) in [5, 5.41) is 24.5. The second kappa shape index (κ2) is 9.85. The van der Waals surface area contributed by atoms with Gasteiger partial charge >= 0.3 is 5.63 Å². The molecule has 0 unspecified atom stereocenters. The first-order valence-corrected chi connectivity index (χ1v) is 11.0. The van der Waals surface area contributed by atoms with Crippen molar-refractivity contribution in [3.63, 3.8) is 0 Å². The van der Waals surface area contributed by atoms with Gasteiger partial charge in [0.25, 0.3) is 5.91 Å². The van der Waals surface area contributed by atoms with Crippen molar-refractivity contribution in [1.82, 2.24) is 10.2 Å². The SMILES string of the molecule is COc1c(N[C@@H]2c3ccccc3C[C@@H]2O)cc(C(=O)Nc2nnc(/N=C(C)/C=C\N)s2)oc1=O. The molecule has 0 saturated carbocycles. The van der Waals surface area contributed by atoms with E-state index in [1.54, 1.807) is 13.0 Å². The van der Waals surface area contributed by atoms with Crippen molar-refractivity contribution in [2.24, 2.45) is 10.7 Å². The van der Waals surface area contributed by atoms with Gasteiger partial charge in [0.15, 0.2) is 5.76 Å². The zero-order valence-electron chi connectivity index (χ0n) is 18.3. The fraction of sp³-hybridized carbons (Fsp3) is 0.227. The number of carbonyl (C=O) groups excluding carboxylic acids is 1. The van der Waals surface area contributed by atoms with Crippen molar-refractivity contribution in [2.45, 2.75) is 25.5 Å². The molecular formula is C22H22N6O5S. The first-order chi connectivity index (χ1) is 16.4. The Labute approximate surface area is 198 Å². The average molecular weight is 483 g/mol. The van der Waals surface area contributed by atoms with Crippen molar-refractivity contribution >= 4 is 38.9 Å². The number of rotatable bonds is 7. The number of hydrogen-bond acceptors (Lipinski definition) is 11. The number of hydrogen-bond donors (Lipinski definition) is 4. The molecule has 11 nitrogen and oxygen atoms in total. The third kappa shape index (κ3) is 4.82. The third-order valence-electron chi connectivity index (χ3n) is 5.10. The number of fused-ring (bicyclic) bond motifs is 1. The van der Waals surface area contributed by atoms with Gasteiger partial charge in [-0.05, 0) is 30.3 Å². The number of allylic oxidation sites excluding steroid dienone is 1. The lowest BCUT2D eigenvalue weighted by atomic mass is 10.1. The van der Waals surface area contributed by atoms with Crippen LogP contribution in [0, 0.1) is 0 Å². The molecule has 4 rings (SSSR count). The molecule has 176 valence electrons. The summed E-state index contributed by atoms with van der Waals surface area (Å²) in [5.74, 6) is -1.08. The van der Waals surface area contributed by atoms with Gasteiger partial charge < -0.3 is 25.3 Å². The van der Waals surface area contributed by atoms with Crippen LogP contribution in [0.5, 0.6) is 5.75 Å². The number of methoxy groups -OCH3 is 1. The molecule has 1 aliphatic rings. The number of aromatic nitrogens is 2. The molecule has 2 aromatic heterocycles. The lowest BCUT2D eigenvalue weighted by Crippen LogP contribution is -2.23. The maximum absolute atomic E-state index is 12.8. The number of nitrogens with two attached hydrogens (primary N) is 1. The minimum Gasteiger partial charge on any atom is -0.488 e. The molecule has 0 saturated heterocycles. The highest BCUT2D eigenvalue weighted by molar-refractivity contribution is 7.18. The van der Waals surface area contributed by atoms with Crippen molar-refractivity contribution in [3.05, 3.63) is 69.9 Å². The van der Waals surface area contributed by atoms with Crippen LogP contribution in [0.25, 0.3) is 0 Å². The van der Waals surface area contributed by atoms with E-state index < -0.39 is 23.7 Å². The van der Waals surface area contributed by atoms with E-state index in [4.69, 9.17) is 14.9 Å². The molecule has 0 aliphatic heterocycles. The van der Waals surface area contributed by atoms with Gasteiger partial charge in [0, 0.05) is 18.2 Å². The van der Waals surface area contributed by atoms with Gasteiger partial charge in [-0.2, -0.15) is 0 Å². The lowest BCUT2D eigenvalue weighted by Gasteiger charge is -2.20. The first kappa shape index (κ1) is 23.1. The highest BCUT2D eigenvalue weighted by atomic mass is 32.1. The Morgan fingerprint density at radius 2 is 2.18 bits per heavy atom. The molecule has 1 aromatic carbocycles. The summed E-state index contributed by atoms with van der Waals surface area (Å²) in [6, 6.07) is 8.46. The van der Waals surface area contributed by atoms with Gasteiger partial charge in [-0.1, -0.05) is 35.6 Å². The average Bonchev–Trinajstić information content (AvgIpc) is 3.37. The normalized spacial score (nSPS) is 17.6. The molecule has 1 amide bonds. The Morgan fingerprint density at radius 1 is 1.38 bits per heavy atom. The lowest BCUT2D eigenvalue weighted by molar-refractivity contribution is 0.0991. The van der Waals surface area contributed by atoms with Crippen LogP contribution in [0.4, 0.5) is 16.0 Å². The highest BCUT2D eigenvalue weighted by Crippen LogP contribution is 2.36. The van der Waals surface area contributed by atoms with Gasteiger partial charge in [0.05, 0.1) is 24.9 Å². The number of aliphatic imine (C=N–C) groups is 1. The van der Waals surface area contributed by atoms with Crippen LogP contribution in [-0.2, 0) is 6.42 Å². The summed E-state index contributed by atoms with van der Waals surface area (Å²) < 4.78 is 10.3. The van der Waals surface area contributed by atoms with E-state index >= 15 is 0 Å². The van der Waals surface area contributed by atoms with Crippen LogP contribution in [0.15, 0.2) is 56.8 Å². The van der Waals surface area contributed by atoms with Crippen LogP contribution in [0.1, 0.15) is 34.6 Å². The van der Waals surface area contributed by atoms with Gasteiger partial charge in [0.1, 0.15) is 0 Å². The van der Waals surface area contributed by atoms with Crippen LogP contribution in [0.2, 0.25) is 0 Å². The van der Waals surface area contributed by atoms with Gasteiger partial charge in [0.2, 0.25) is 16.0 Å². The molecule has 2 atom stereocenters. The van der Waals surface area contributed by atoms with E-state index in [9.17, 15) is 14.7 Å². The van der Waals surface area contributed by atoms with E-state index in [1.165, 1.54) is 19.4 Å². The minimum atomic E-state index is -0.842. The molecule has 0 radical (unpaired) electrons. The van der Waals surface area contributed by atoms with E-state index in [1.807, 2.05) is 24.3 Å². The largest absolute Gasteiger partial charge is 0.488 e. The Balaban J connectivity index is 1.58. The summed E-state index contributed by atoms with van der Waals surface area (Å²) >= 11 is 1.04. The summed E-state index contributed by atoms with van der Waals surface area (Å²) in [6.07, 6.45) is 2.69. The maximum atomic E-state index is 12.8. The molecule has 3 aromatic rings. The van der Waals surface area contributed by atoms with Crippen molar-refractivity contribution in [2.75, 3.05) is 17.7 Å². The number of benzene rings is 1. The summed E-state index contributed by atoms with van der Waals surface area (Å²) in [5.41, 5.74) is 7.22. The number of nitrogens with one attached hydrogen (secondary N) is 2. The molecule has 12 heteroatoms. The van der Waals surface area contributed by atoms with Gasteiger partial charge in [-0.15, -0.1) is 10.2 Å². The predicted octanol–water partition coefficient (Wildman–Crippen LogP) is 2.39. The molecule has 2 heterocycles. The van der Waals surface area contributed by atoms with Gasteiger partial charge in [-0.25, -0.2) is 9.79 Å². The predicted molar refractivity (Wildman–Crippen MR) is 128 cm³/mol. The van der Waals surface area contributed by atoms with Crippen molar-refractivity contribution in [3.8, 4) is 5.75 Å². The quantitative estimate of drug-likeness (QED) is 0.370. The molecular weight excluding hydrogens is 460 g/mol. The smallest absolute Gasteiger partial charge is 0.381 e. The number of aliphatic hydroxyl groups is 1. The number of carbonyl (C=O) groups is 1. The van der Waals surface area contributed by atoms with Crippen molar-refractivity contribution < 1.29 is 19.1 Å². The Hall–Kier alpha value is -4.03. The molecule has 1 aliphatic carbocycles. The first-order valence-electron chi connectivity index (χ1n) is 10.2. The monoisotopic (exact) mass is 482 g/mol. The summed E-state index contributed by atoms with van der Waals surface area (Å²) in [4.78, 5) is 29.5. The Kier molecular flexibility index (Phi) is 6.70. The van der Waals surface area contributed by atoms with Crippen LogP contribution < -0.4 is 26.7 Å². The molecule has 5 N–H and O–H groups in total.